The molecule has 3 rings (SSSR count). The number of hydrogen-bond donors (Lipinski definition) is 1. The van der Waals surface area contributed by atoms with Crippen LogP contribution in [0.5, 0.6) is 0 Å². The van der Waals surface area contributed by atoms with E-state index in [9.17, 15) is 9.59 Å². The molecule has 0 bridgehead atoms. The zero-order valence-corrected chi connectivity index (χ0v) is 13.8. The third-order valence-electron chi connectivity index (χ3n) is 3.15. The van der Waals surface area contributed by atoms with Gasteiger partial charge in [0.05, 0.1) is 6.26 Å². The van der Waals surface area contributed by atoms with Crippen LogP contribution in [0, 0.1) is 0 Å². The summed E-state index contributed by atoms with van der Waals surface area (Å²) in [6.45, 7) is 0. The van der Waals surface area contributed by atoms with Gasteiger partial charge in [-0.25, -0.2) is 4.98 Å². The number of nitrogens with zero attached hydrogens (tertiary/aromatic N) is 3. The predicted molar refractivity (Wildman–Crippen MR) is 90.0 cm³/mol. The van der Waals surface area contributed by atoms with E-state index in [0.717, 1.165) is 11.3 Å². The lowest BCUT2D eigenvalue weighted by Crippen LogP contribution is -2.21. The van der Waals surface area contributed by atoms with Crippen molar-refractivity contribution in [1.82, 2.24) is 14.9 Å². The first-order valence-electron chi connectivity index (χ1n) is 7.04. The Balaban J connectivity index is 1.94. The lowest BCUT2D eigenvalue weighted by atomic mass is 10.2. The number of nitrogens with one attached hydrogen (secondary N) is 1. The van der Waals surface area contributed by atoms with Crippen LogP contribution in [0.4, 0.5) is 5.13 Å². The zero-order chi connectivity index (χ0) is 17.1. The van der Waals surface area contributed by atoms with E-state index in [1.54, 1.807) is 38.4 Å². The summed E-state index contributed by atoms with van der Waals surface area (Å²) >= 11 is 1.11. The maximum Gasteiger partial charge on any atom is 0.265 e. The van der Waals surface area contributed by atoms with Crippen molar-refractivity contribution in [3.63, 3.8) is 0 Å². The molecule has 122 valence electrons. The number of furan rings is 1. The highest BCUT2D eigenvalue weighted by atomic mass is 32.1. The number of amides is 2. The maximum atomic E-state index is 12.4. The number of carbonyl (C=O) groups excluding carboxylic acids is 2. The van der Waals surface area contributed by atoms with Gasteiger partial charge in [0, 0.05) is 32.1 Å². The lowest BCUT2D eigenvalue weighted by molar-refractivity contribution is 0.0832. The molecule has 24 heavy (non-hydrogen) atoms. The Morgan fingerprint density at radius 2 is 1.96 bits per heavy atom. The third kappa shape index (κ3) is 3.18. The fourth-order valence-corrected chi connectivity index (χ4v) is 2.96. The van der Waals surface area contributed by atoms with E-state index in [1.165, 1.54) is 23.6 Å². The van der Waals surface area contributed by atoms with Gasteiger partial charge in [0.1, 0.15) is 10.6 Å². The van der Waals surface area contributed by atoms with Gasteiger partial charge in [0.2, 0.25) is 0 Å². The number of carbonyl (C=O) groups is 2. The summed E-state index contributed by atoms with van der Waals surface area (Å²) in [4.78, 5) is 34.7. The molecular formula is C16H14N4O3S. The first-order chi connectivity index (χ1) is 11.6. The number of aromatic nitrogens is 2. The molecule has 0 aliphatic carbocycles. The molecule has 0 radical (unpaired) electrons. The van der Waals surface area contributed by atoms with Gasteiger partial charge < -0.3 is 9.32 Å². The number of anilines is 1. The van der Waals surface area contributed by atoms with Crippen molar-refractivity contribution >= 4 is 28.3 Å². The fourth-order valence-electron chi connectivity index (χ4n) is 1.97. The lowest BCUT2D eigenvalue weighted by Gasteiger charge is -2.08. The van der Waals surface area contributed by atoms with Crippen LogP contribution in [-0.4, -0.2) is 40.8 Å². The van der Waals surface area contributed by atoms with E-state index in [1.807, 2.05) is 0 Å². The fraction of sp³-hybridized carbons (Fsp3) is 0.125. The van der Waals surface area contributed by atoms with Gasteiger partial charge in [-0.2, -0.15) is 0 Å². The average molecular weight is 342 g/mol. The van der Waals surface area contributed by atoms with Crippen LogP contribution in [-0.2, 0) is 0 Å². The normalized spacial score (nSPS) is 10.4. The Bertz CT molecular complexity index is 857. The summed E-state index contributed by atoms with van der Waals surface area (Å²) in [5, 5.41) is 3.03. The smallest absolute Gasteiger partial charge is 0.265 e. The Hall–Kier alpha value is -3.00. The predicted octanol–water partition coefficient (Wildman–Crippen LogP) is 2.75. The molecule has 0 unspecified atom stereocenters. The standard InChI is InChI=1S/C16H14N4O3S/c1-20(2)15(22)13-12(11-4-3-9-23-11)18-16(24-13)19-14(21)10-5-7-17-8-6-10/h3-9H,1-2H3,(H,18,19,21). The quantitative estimate of drug-likeness (QED) is 0.787. The van der Waals surface area contributed by atoms with E-state index in [2.05, 4.69) is 15.3 Å². The Morgan fingerprint density at radius 1 is 1.21 bits per heavy atom. The van der Waals surface area contributed by atoms with Gasteiger partial charge in [-0.15, -0.1) is 0 Å². The largest absolute Gasteiger partial charge is 0.463 e. The summed E-state index contributed by atoms with van der Waals surface area (Å²) in [6, 6.07) is 6.63. The van der Waals surface area contributed by atoms with E-state index >= 15 is 0 Å². The monoisotopic (exact) mass is 342 g/mol. The second-order valence-electron chi connectivity index (χ2n) is 5.06. The summed E-state index contributed by atoms with van der Waals surface area (Å²) in [6.07, 6.45) is 4.58. The van der Waals surface area contributed by atoms with Gasteiger partial charge in [0.25, 0.3) is 11.8 Å². The van der Waals surface area contributed by atoms with Crippen LogP contribution in [0.2, 0.25) is 0 Å². The number of thiazole rings is 1. The molecule has 2 amide bonds. The molecule has 3 aromatic heterocycles. The number of rotatable bonds is 4. The Kier molecular flexibility index (Phi) is 4.39. The van der Waals surface area contributed by atoms with Gasteiger partial charge in [-0.05, 0) is 24.3 Å². The molecular weight excluding hydrogens is 328 g/mol. The first-order valence-corrected chi connectivity index (χ1v) is 7.85. The van der Waals surface area contributed by atoms with Crippen LogP contribution >= 0.6 is 11.3 Å². The van der Waals surface area contributed by atoms with Crippen molar-refractivity contribution in [3.8, 4) is 11.5 Å². The highest BCUT2D eigenvalue weighted by Gasteiger charge is 2.23. The molecule has 1 N–H and O–H groups in total. The second kappa shape index (κ2) is 6.63. The van der Waals surface area contributed by atoms with Crippen molar-refractivity contribution < 1.29 is 14.0 Å². The van der Waals surface area contributed by atoms with Crippen LogP contribution in [0.1, 0.15) is 20.0 Å². The van der Waals surface area contributed by atoms with Crippen LogP contribution in [0.25, 0.3) is 11.5 Å². The first kappa shape index (κ1) is 15.9. The molecule has 3 aromatic rings. The third-order valence-corrected chi connectivity index (χ3v) is 4.10. The summed E-state index contributed by atoms with van der Waals surface area (Å²) < 4.78 is 5.35. The molecule has 8 heteroatoms. The van der Waals surface area contributed by atoms with Gasteiger partial charge in [0.15, 0.2) is 10.9 Å². The highest BCUT2D eigenvalue weighted by Crippen LogP contribution is 2.32. The molecule has 7 nitrogen and oxygen atoms in total. The molecule has 0 fully saturated rings. The Labute approximate surface area is 142 Å². The van der Waals surface area contributed by atoms with E-state index in [4.69, 9.17) is 4.42 Å². The minimum atomic E-state index is -0.319. The van der Waals surface area contributed by atoms with Crippen LogP contribution < -0.4 is 5.32 Å². The van der Waals surface area contributed by atoms with E-state index in [-0.39, 0.29) is 11.8 Å². The molecule has 3 heterocycles. The molecule has 0 spiro atoms. The average Bonchev–Trinajstić information content (AvgIpc) is 3.24. The SMILES string of the molecule is CN(C)C(=O)c1sc(NC(=O)c2ccncc2)nc1-c1ccco1. The van der Waals surface area contributed by atoms with E-state index in [0.29, 0.717) is 27.0 Å². The van der Waals surface area contributed by atoms with Gasteiger partial charge in [-0.1, -0.05) is 11.3 Å². The molecule has 0 aromatic carbocycles. The maximum absolute atomic E-state index is 12.4. The van der Waals surface area contributed by atoms with E-state index < -0.39 is 0 Å². The van der Waals surface area contributed by atoms with Gasteiger partial charge >= 0.3 is 0 Å². The minimum Gasteiger partial charge on any atom is -0.463 e. The van der Waals surface area contributed by atoms with Crippen LogP contribution in [0.3, 0.4) is 0 Å². The van der Waals surface area contributed by atoms with Crippen molar-refractivity contribution in [2.24, 2.45) is 0 Å². The van der Waals surface area contributed by atoms with Crippen LogP contribution in [0.15, 0.2) is 47.3 Å². The molecule has 0 saturated carbocycles. The number of hydrogen-bond acceptors (Lipinski definition) is 6. The molecule has 0 atom stereocenters. The molecule has 0 aliphatic rings. The van der Waals surface area contributed by atoms with Crippen molar-refractivity contribution in [3.05, 3.63) is 53.4 Å². The zero-order valence-electron chi connectivity index (χ0n) is 13.0. The van der Waals surface area contributed by atoms with Crippen molar-refractivity contribution in [2.75, 3.05) is 19.4 Å². The summed E-state index contributed by atoms with van der Waals surface area (Å²) in [7, 11) is 3.31. The summed E-state index contributed by atoms with van der Waals surface area (Å²) in [5.41, 5.74) is 0.869. The molecule has 0 aliphatic heterocycles. The Morgan fingerprint density at radius 3 is 2.58 bits per heavy atom. The highest BCUT2D eigenvalue weighted by molar-refractivity contribution is 7.18. The van der Waals surface area contributed by atoms with Crippen molar-refractivity contribution in [1.29, 1.82) is 0 Å². The molecule has 0 saturated heterocycles. The summed E-state index contributed by atoms with van der Waals surface area (Å²) in [5.74, 6) is -0.0508. The number of pyridine rings is 1. The second-order valence-corrected chi connectivity index (χ2v) is 6.06. The van der Waals surface area contributed by atoms with Gasteiger partial charge in [-0.3, -0.25) is 19.9 Å². The topological polar surface area (TPSA) is 88.3 Å². The minimum absolute atomic E-state index is 0.205. The van der Waals surface area contributed by atoms with Crippen molar-refractivity contribution in [2.45, 2.75) is 0 Å².